The SMILES string of the molecule is CON(C)S(=O)(=O)c1ccc(C(=O)OCC(=O)C23CC4CC(CC(C4)C2)C3)cc1. The van der Waals surface area contributed by atoms with E-state index in [0.717, 1.165) is 23.7 Å². The lowest BCUT2D eigenvalue weighted by atomic mass is 9.48. The molecule has 5 rings (SSSR count). The summed E-state index contributed by atoms with van der Waals surface area (Å²) in [6.07, 6.45) is 6.57. The zero-order valence-electron chi connectivity index (χ0n) is 16.8. The summed E-state index contributed by atoms with van der Waals surface area (Å²) in [6.45, 7) is -0.211. The fourth-order valence-electron chi connectivity index (χ4n) is 5.83. The molecule has 4 aliphatic carbocycles. The summed E-state index contributed by atoms with van der Waals surface area (Å²) in [5.74, 6) is 1.39. The second-order valence-corrected chi connectivity index (χ2v) is 10.8. The van der Waals surface area contributed by atoms with Crippen molar-refractivity contribution in [1.29, 1.82) is 0 Å². The lowest BCUT2D eigenvalue weighted by Gasteiger charge is -2.55. The van der Waals surface area contributed by atoms with Gasteiger partial charge in [0.25, 0.3) is 10.0 Å². The van der Waals surface area contributed by atoms with Crippen LogP contribution >= 0.6 is 0 Å². The molecule has 0 atom stereocenters. The Kier molecular flexibility index (Phi) is 5.29. The van der Waals surface area contributed by atoms with E-state index in [2.05, 4.69) is 0 Å². The number of esters is 1. The van der Waals surface area contributed by atoms with Crippen LogP contribution in [0.25, 0.3) is 0 Å². The van der Waals surface area contributed by atoms with Gasteiger partial charge in [0.15, 0.2) is 12.4 Å². The number of rotatable bonds is 7. The van der Waals surface area contributed by atoms with E-state index < -0.39 is 16.0 Å². The van der Waals surface area contributed by atoms with Crippen molar-refractivity contribution in [2.75, 3.05) is 20.8 Å². The van der Waals surface area contributed by atoms with Gasteiger partial charge < -0.3 is 4.74 Å². The Hall–Kier alpha value is -1.77. The van der Waals surface area contributed by atoms with Gasteiger partial charge in [-0.3, -0.25) is 9.63 Å². The van der Waals surface area contributed by atoms with Crippen LogP contribution in [0.1, 0.15) is 48.9 Å². The zero-order chi connectivity index (χ0) is 20.8. The van der Waals surface area contributed by atoms with E-state index in [0.29, 0.717) is 17.8 Å². The molecule has 0 saturated heterocycles. The molecule has 29 heavy (non-hydrogen) atoms. The molecule has 0 spiro atoms. The third kappa shape index (κ3) is 3.73. The van der Waals surface area contributed by atoms with Gasteiger partial charge in [-0.25, -0.2) is 13.2 Å². The number of carbonyl (C=O) groups excluding carboxylic acids is 2. The molecular formula is C21H27NO6S. The molecule has 7 nitrogen and oxygen atoms in total. The van der Waals surface area contributed by atoms with Gasteiger partial charge in [0.1, 0.15) is 0 Å². The number of benzene rings is 1. The monoisotopic (exact) mass is 421 g/mol. The fourth-order valence-corrected chi connectivity index (χ4v) is 6.80. The number of hydrogen-bond donors (Lipinski definition) is 0. The van der Waals surface area contributed by atoms with Crippen molar-refractivity contribution >= 4 is 21.8 Å². The Bertz CT molecular complexity index is 872. The normalized spacial score (nSPS) is 30.5. The van der Waals surface area contributed by atoms with Crippen molar-refractivity contribution in [2.24, 2.45) is 23.2 Å². The van der Waals surface area contributed by atoms with E-state index in [1.807, 2.05) is 0 Å². The third-order valence-electron chi connectivity index (χ3n) is 6.95. The van der Waals surface area contributed by atoms with Gasteiger partial charge in [-0.15, -0.1) is 0 Å². The van der Waals surface area contributed by atoms with Crippen LogP contribution in [0, 0.1) is 23.2 Å². The minimum absolute atomic E-state index is 0.00282. The largest absolute Gasteiger partial charge is 0.454 e. The van der Waals surface area contributed by atoms with Gasteiger partial charge in [-0.1, -0.05) is 4.47 Å². The highest BCUT2D eigenvalue weighted by atomic mass is 32.2. The Morgan fingerprint density at radius 1 is 1.03 bits per heavy atom. The van der Waals surface area contributed by atoms with E-state index in [4.69, 9.17) is 9.57 Å². The first-order chi connectivity index (χ1) is 13.7. The van der Waals surface area contributed by atoms with E-state index in [9.17, 15) is 18.0 Å². The van der Waals surface area contributed by atoms with Crippen LogP contribution < -0.4 is 0 Å². The van der Waals surface area contributed by atoms with E-state index in [1.165, 1.54) is 57.7 Å². The van der Waals surface area contributed by atoms with Crippen LogP contribution in [-0.4, -0.2) is 45.4 Å². The minimum Gasteiger partial charge on any atom is -0.454 e. The Balaban J connectivity index is 1.38. The lowest BCUT2D eigenvalue weighted by Crippen LogP contribution is -2.51. The third-order valence-corrected chi connectivity index (χ3v) is 8.64. The van der Waals surface area contributed by atoms with E-state index >= 15 is 0 Å². The number of Topliss-reactive ketones (excluding diaryl/α,β-unsaturated/α-hetero) is 1. The first-order valence-corrected chi connectivity index (χ1v) is 11.5. The molecule has 0 radical (unpaired) electrons. The average Bonchev–Trinajstić information content (AvgIpc) is 2.70. The van der Waals surface area contributed by atoms with Crippen LogP contribution in [-0.2, 0) is 24.4 Å². The molecule has 0 aliphatic heterocycles. The number of carbonyl (C=O) groups is 2. The molecule has 1 aromatic carbocycles. The highest BCUT2D eigenvalue weighted by Crippen LogP contribution is 2.60. The molecule has 0 heterocycles. The quantitative estimate of drug-likeness (QED) is 0.497. The van der Waals surface area contributed by atoms with Gasteiger partial charge in [0.2, 0.25) is 0 Å². The van der Waals surface area contributed by atoms with Crippen molar-refractivity contribution in [3.63, 3.8) is 0 Å². The van der Waals surface area contributed by atoms with Crippen molar-refractivity contribution in [3.8, 4) is 0 Å². The maximum atomic E-state index is 13.0. The summed E-state index contributed by atoms with van der Waals surface area (Å²) in [5.41, 5.74) is -0.0835. The van der Waals surface area contributed by atoms with E-state index in [1.54, 1.807) is 0 Å². The Morgan fingerprint density at radius 3 is 2.03 bits per heavy atom. The molecule has 0 amide bonds. The van der Waals surface area contributed by atoms with Crippen molar-refractivity contribution < 1.29 is 27.6 Å². The summed E-state index contributed by atoms with van der Waals surface area (Å²) in [6, 6.07) is 5.41. The molecule has 0 aromatic heterocycles. The van der Waals surface area contributed by atoms with Gasteiger partial charge in [0, 0.05) is 12.5 Å². The van der Waals surface area contributed by atoms with Crippen LogP contribution in [0.4, 0.5) is 0 Å². The van der Waals surface area contributed by atoms with Gasteiger partial charge in [-0.05, 0) is 80.5 Å². The number of sulfonamides is 1. The number of ketones is 1. The second kappa shape index (κ2) is 7.49. The molecule has 4 bridgehead atoms. The van der Waals surface area contributed by atoms with Crippen molar-refractivity contribution in [1.82, 2.24) is 4.47 Å². The maximum Gasteiger partial charge on any atom is 0.338 e. The minimum atomic E-state index is -3.78. The van der Waals surface area contributed by atoms with Gasteiger partial charge >= 0.3 is 5.97 Å². The van der Waals surface area contributed by atoms with Gasteiger partial charge in [0.05, 0.1) is 17.6 Å². The zero-order valence-corrected chi connectivity index (χ0v) is 17.6. The second-order valence-electron chi connectivity index (χ2n) is 8.82. The molecule has 0 N–H and O–H groups in total. The summed E-state index contributed by atoms with van der Waals surface area (Å²) in [7, 11) is -1.24. The Labute approximate surface area is 171 Å². The number of nitrogens with zero attached hydrogens (tertiary/aromatic N) is 1. The predicted octanol–water partition coefficient (Wildman–Crippen LogP) is 2.81. The first-order valence-electron chi connectivity index (χ1n) is 10.1. The van der Waals surface area contributed by atoms with Crippen LogP contribution in [0.2, 0.25) is 0 Å². The molecule has 4 saturated carbocycles. The smallest absolute Gasteiger partial charge is 0.338 e. The van der Waals surface area contributed by atoms with Crippen molar-refractivity contribution in [2.45, 2.75) is 43.4 Å². The summed E-state index contributed by atoms with van der Waals surface area (Å²) >= 11 is 0. The molecule has 158 valence electrons. The van der Waals surface area contributed by atoms with Crippen LogP contribution in [0.5, 0.6) is 0 Å². The molecule has 4 aliphatic rings. The molecule has 0 unspecified atom stereocenters. The molecule has 1 aromatic rings. The molecular weight excluding hydrogens is 394 g/mol. The highest BCUT2D eigenvalue weighted by molar-refractivity contribution is 7.89. The Morgan fingerprint density at radius 2 is 1.55 bits per heavy atom. The molecule has 4 fully saturated rings. The maximum absolute atomic E-state index is 13.0. The number of hydroxylamine groups is 1. The fraction of sp³-hybridized carbons (Fsp3) is 0.619. The first kappa shape index (κ1) is 20.5. The number of ether oxygens (including phenoxy) is 1. The summed E-state index contributed by atoms with van der Waals surface area (Å²) < 4.78 is 30.5. The highest BCUT2D eigenvalue weighted by Gasteiger charge is 2.54. The van der Waals surface area contributed by atoms with Gasteiger partial charge in [-0.2, -0.15) is 0 Å². The van der Waals surface area contributed by atoms with Crippen LogP contribution in [0.15, 0.2) is 29.2 Å². The predicted molar refractivity (Wildman–Crippen MR) is 104 cm³/mol. The average molecular weight is 422 g/mol. The summed E-state index contributed by atoms with van der Waals surface area (Å²) in [4.78, 5) is 30.0. The number of hydrogen-bond acceptors (Lipinski definition) is 6. The lowest BCUT2D eigenvalue weighted by molar-refractivity contribution is -0.147. The van der Waals surface area contributed by atoms with Crippen LogP contribution in [0.3, 0.4) is 0 Å². The molecule has 8 heteroatoms. The van der Waals surface area contributed by atoms with Crippen molar-refractivity contribution in [3.05, 3.63) is 29.8 Å². The topological polar surface area (TPSA) is 90.0 Å². The summed E-state index contributed by atoms with van der Waals surface area (Å²) in [5, 5.41) is 0. The van der Waals surface area contributed by atoms with E-state index in [-0.39, 0.29) is 28.3 Å². The standard InChI is InChI=1S/C21H27NO6S/c1-22(27-2)29(25,26)18-5-3-17(4-6-18)20(24)28-13-19(23)21-10-14-7-15(11-21)9-16(8-14)12-21/h3-6,14-16H,7-13H2,1-2H3.